The highest BCUT2D eigenvalue weighted by molar-refractivity contribution is 8.01. The van der Waals surface area contributed by atoms with Crippen molar-refractivity contribution in [3.05, 3.63) is 107 Å². The Bertz CT molecular complexity index is 1450. The van der Waals surface area contributed by atoms with Gasteiger partial charge in [0, 0.05) is 12.3 Å². The maximum Gasteiger partial charge on any atom is 0.244 e. The highest BCUT2D eigenvalue weighted by Gasteiger charge is 2.38. The Morgan fingerprint density at radius 3 is 2.53 bits per heavy atom. The summed E-state index contributed by atoms with van der Waals surface area (Å²) in [5, 5.41) is 2.03. The van der Waals surface area contributed by atoms with Gasteiger partial charge in [0.05, 0.1) is 10.3 Å². The van der Waals surface area contributed by atoms with E-state index in [1.807, 2.05) is 66.7 Å². The molecule has 0 amide bonds. The molecule has 6 rings (SSSR count). The third kappa shape index (κ3) is 3.80. The minimum atomic E-state index is -3.61. The second-order valence-electron chi connectivity index (χ2n) is 8.74. The minimum absolute atomic E-state index is 0.229. The Morgan fingerprint density at radius 2 is 1.71 bits per heavy atom. The van der Waals surface area contributed by atoms with Crippen LogP contribution in [0.15, 0.2) is 89.8 Å². The summed E-state index contributed by atoms with van der Waals surface area (Å²) in [6, 6.07) is 27.9. The van der Waals surface area contributed by atoms with E-state index in [1.54, 1.807) is 16.1 Å². The number of rotatable bonds is 6. The lowest BCUT2D eigenvalue weighted by Crippen LogP contribution is -2.31. The minimum Gasteiger partial charge on any atom is -0.489 e. The van der Waals surface area contributed by atoms with Crippen LogP contribution in [0.2, 0.25) is 0 Å². The normalized spacial score (nSPS) is 17.9. The third-order valence-corrected chi connectivity index (χ3v) is 10.0. The molecule has 172 valence electrons. The van der Waals surface area contributed by atoms with Crippen LogP contribution in [0.4, 0.5) is 0 Å². The van der Waals surface area contributed by atoms with E-state index in [-0.39, 0.29) is 5.37 Å². The number of aryl methyl sites for hydroxylation is 2. The number of thioether (sulfide) groups is 1. The topological polar surface area (TPSA) is 46.6 Å². The molecule has 0 radical (unpaired) electrons. The molecular weight excluding hydrogens is 462 g/mol. The van der Waals surface area contributed by atoms with E-state index < -0.39 is 10.0 Å². The molecule has 1 unspecified atom stereocenters. The van der Waals surface area contributed by atoms with Gasteiger partial charge in [0.15, 0.2) is 0 Å². The number of hydrogen-bond donors (Lipinski definition) is 0. The molecule has 1 atom stereocenters. The van der Waals surface area contributed by atoms with Gasteiger partial charge in [-0.15, -0.1) is 11.8 Å². The van der Waals surface area contributed by atoms with Gasteiger partial charge in [-0.25, -0.2) is 8.42 Å². The Hall–Kier alpha value is -2.80. The van der Waals surface area contributed by atoms with Crippen molar-refractivity contribution >= 4 is 32.6 Å². The Labute approximate surface area is 204 Å². The first-order chi connectivity index (χ1) is 16.6. The van der Waals surface area contributed by atoms with Crippen LogP contribution >= 0.6 is 11.8 Å². The molecule has 1 aliphatic heterocycles. The zero-order valence-corrected chi connectivity index (χ0v) is 20.3. The number of ether oxygens (including phenoxy) is 1. The number of benzene rings is 4. The van der Waals surface area contributed by atoms with Crippen molar-refractivity contribution in [2.75, 3.05) is 12.3 Å². The molecule has 0 aromatic heterocycles. The second kappa shape index (κ2) is 8.77. The summed E-state index contributed by atoms with van der Waals surface area (Å²) in [7, 11) is -3.61. The van der Waals surface area contributed by atoms with Crippen LogP contribution in [0.1, 0.15) is 27.6 Å². The lowest BCUT2D eigenvalue weighted by molar-refractivity contribution is 0.306. The molecule has 6 heteroatoms. The van der Waals surface area contributed by atoms with Crippen LogP contribution in [0.3, 0.4) is 0 Å². The number of hydrogen-bond acceptors (Lipinski definition) is 4. The van der Waals surface area contributed by atoms with E-state index in [0.717, 1.165) is 51.8 Å². The summed E-state index contributed by atoms with van der Waals surface area (Å²) in [4.78, 5) is 0.472. The lowest BCUT2D eigenvalue weighted by Gasteiger charge is -2.25. The fourth-order valence-electron chi connectivity index (χ4n) is 5.03. The van der Waals surface area contributed by atoms with Crippen molar-refractivity contribution in [2.45, 2.75) is 29.7 Å². The maximum absolute atomic E-state index is 13.9. The van der Waals surface area contributed by atoms with Crippen molar-refractivity contribution in [3.63, 3.8) is 0 Å². The Balaban J connectivity index is 1.26. The van der Waals surface area contributed by atoms with E-state index in [9.17, 15) is 8.42 Å². The van der Waals surface area contributed by atoms with E-state index in [0.29, 0.717) is 18.0 Å². The second-order valence-corrected chi connectivity index (χ2v) is 11.8. The molecule has 0 bridgehead atoms. The van der Waals surface area contributed by atoms with Crippen LogP contribution in [0.25, 0.3) is 10.8 Å². The van der Waals surface area contributed by atoms with E-state index in [4.69, 9.17) is 4.74 Å². The van der Waals surface area contributed by atoms with Crippen molar-refractivity contribution in [1.82, 2.24) is 4.31 Å². The van der Waals surface area contributed by atoms with Crippen molar-refractivity contribution in [1.29, 1.82) is 0 Å². The van der Waals surface area contributed by atoms with Crippen LogP contribution in [0.5, 0.6) is 5.75 Å². The summed E-state index contributed by atoms with van der Waals surface area (Å²) in [5.74, 6) is 1.56. The lowest BCUT2D eigenvalue weighted by atomic mass is 10.1. The molecule has 1 saturated heterocycles. The van der Waals surface area contributed by atoms with Gasteiger partial charge in [0.25, 0.3) is 0 Å². The number of nitrogens with zero attached hydrogens (tertiary/aromatic N) is 1. The Kier molecular flexibility index (Phi) is 5.60. The molecule has 34 heavy (non-hydrogen) atoms. The molecule has 0 N–H and O–H groups in total. The Morgan fingerprint density at radius 1 is 0.882 bits per heavy atom. The first-order valence-electron chi connectivity index (χ1n) is 11.5. The van der Waals surface area contributed by atoms with Gasteiger partial charge in [-0.1, -0.05) is 66.7 Å². The van der Waals surface area contributed by atoms with Gasteiger partial charge >= 0.3 is 0 Å². The summed E-state index contributed by atoms with van der Waals surface area (Å²) in [6.07, 6.45) is 1.69. The molecule has 0 spiro atoms. The highest BCUT2D eigenvalue weighted by Crippen LogP contribution is 2.44. The molecule has 4 aromatic carbocycles. The smallest absolute Gasteiger partial charge is 0.244 e. The largest absolute Gasteiger partial charge is 0.489 e. The fraction of sp³-hybridized carbons (Fsp3) is 0.214. The third-order valence-electron chi connectivity index (χ3n) is 6.69. The van der Waals surface area contributed by atoms with Crippen LogP contribution in [-0.2, 0) is 29.5 Å². The number of sulfonamides is 1. The summed E-state index contributed by atoms with van der Waals surface area (Å²) in [5.41, 5.74) is 4.33. The standard InChI is InChI=1S/C28H25NO3S2/c30-34(31,26-16-12-22-8-4-7-21-11-15-25(26)27(21)22)29-17-18-33-28(29)23-9-13-24(14-10-23)32-19-20-5-2-1-3-6-20/h1-10,12-14,16,28H,11,15,17-19H2. The predicted octanol–water partition coefficient (Wildman–Crippen LogP) is 5.95. The predicted molar refractivity (Wildman–Crippen MR) is 138 cm³/mol. The zero-order chi connectivity index (χ0) is 23.1. The molecule has 0 saturated carbocycles. The van der Waals surface area contributed by atoms with Crippen LogP contribution in [-0.4, -0.2) is 25.0 Å². The SMILES string of the molecule is O=S(=O)(c1ccc2cccc3c2c1CC3)N1CCSC1c1ccc(OCc2ccccc2)cc1. The molecule has 1 aliphatic carbocycles. The molecular formula is C28H25NO3S2. The van der Waals surface area contributed by atoms with Gasteiger partial charge in [-0.05, 0) is 64.1 Å². The van der Waals surface area contributed by atoms with Crippen LogP contribution < -0.4 is 4.74 Å². The van der Waals surface area contributed by atoms with Gasteiger partial charge in [-0.3, -0.25) is 0 Å². The van der Waals surface area contributed by atoms with E-state index in [2.05, 4.69) is 18.2 Å². The quantitative estimate of drug-likeness (QED) is 0.337. The van der Waals surface area contributed by atoms with Gasteiger partial charge in [0.1, 0.15) is 12.4 Å². The van der Waals surface area contributed by atoms with Crippen LogP contribution in [0, 0.1) is 0 Å². The maximum atomic E-state index is 13.9. The summed E-state index contributed by atoms with van der Waals surface area (Å²) in [6.45, 7) is 1.02. The zero-order valence-electron chi connectivity index (χ0n) is 18.7. The van der Waals surface area contributed by atoms with Crippen molar-refractivity contribution < 1.29 is 13.2 Å². The average Bonchev–Trinajstić information content (AvgIpc) is 3.54. The molecule has 4 aromatic rings. The molecule has 4 nitrogen and oxygen atoms in total. The summed E-state index contributed by atoms with van der Waals surface area (Å²) >= 11 is 1.68. The monoisotopic (exact) mass is 487 g/mol. The van der Waals surface area contributed by atoms with Gasteiger partial charge in [0.2, 0.25) is 10.0 Å². The van der Waals surface area contributed by atoms with Crippen molar-refractivity contribution in [3.8, 4) is 5.75 Å². The first-order valence-corrected chi connectivity index (χ1v) is 14.0. The van der Waals surface area contributed by atoms with E-state index in [1.165, 1.54) is 5.56 Å². The van der Waals surface area contributed by atoms with Gasteiger partial charge in [-0.2, -0.15) is 4.31 Å². The summed E-state index contributed by atoms with van der Waals surface area (Å²) < 4.78 is 35.3. The van der Waals surface area contributed by atoms with E-state index >= 15 is 0 Å². The molecule has 1 fully saturated rings. The molecule has 2 aliphatic rings. The van der Waals surface area contributed by atoms with Gasteiger partial charge < -0.3 is 4.74 Å². The first kappa shape index (κ1) is 21.7. The highest BCUT2D eigenvalue weighted by atomic mass is 32.2. The fourth-order valence-corrected chi connectivity index (χ4v) is 8.53. The average molecular weight is 488 g/mol. The molecule has 1 heterocycles. The van der Waals surface area contributed by atoms with Crippen molar-refractivity contribution in [2.24, 2.45) is 0 Å².